The molecule has 4 nitrogen and oxygen atoms in total. The highest BCUT2D eigenvalue weighted by Gasteiger charge is 2.23. The van der Waals surface area contributed by atoms with E-state index < -0.39 is 0 Å². The molecule has 0 fully saturated rings. The first-order valence-electron chi connectivity index (χ1n) is 8.46. The van der Waals surface area contributed by atoms with Crippen molar-refractivity contribution in [2.24, 2.45) is 0 Å². The van der Waals surface area contributed by atoms with Crippen LogP contribution in [0.15, 0.2) is 18.2 Å². The summed E-state index contributed by atoms with van der Waals surface area (Å²) in [5, 5.41) is 0. The van der Waals surface area contributed by atoms with Gasteiger partial charge in [0.15, 0.2) is 0 Å². The zero-order valence-electron chi connectivity index (χ0n) is 15.9. The van der Waals surface area contributed by atoms with Crippen LogP contribution in [0.5, 0.6) is 0 Å². The van der Waals surface area contributed by atoms with Crippen molar-refractivity contribution in [3.63, 3.8) is 0 Å². The van der Waals surface area contributed by atoms with Gasteiger partial charge in [0, 0.05) is 26.7 Å². The van der Waals surface area contributed by atoms with E-state index in [1.54, 1.807) is 0 Å². The highest BCUT2D eigenvalue weighted by Crippen LogP contribution is 2.30. The minimum atomic E-state index is -0.274. The van der Waals surface area contributed by atoms with Crippen molar-refractivity contribution in [1.82, 2.24) is 0 Å². The molecular formula is C20H30O4. The van der Waals surface area contributed by atoms with E-state index in [4.69, 9.17) is 9.47 Å². The molecule has 0 heterocycles. The molecule has 4 heteroatoms. The van der Waals surface area contributed by atoms with E-state index in [0.29, 0.717) is 12.8 Å². The summed E-state index contributed by atoms with van der Waals surface area (Å²) in [6.07, 6.45) is 0.898. The summed E-state index contributed by atoms with van der Waals surface area (Å²) in [5.74, 6) is -0.546. The Labute approximate surface area is 145 Å². The number of rotatable bonds is 6. The third-order valence-electron chi connectivity index (χ3n) is 3.81. The lowest BCUT2D eigenvalue weighted by Crippen LogP contribution is -2.23. The minimum Gasteiger partial charge on any atom is -0.463 e. The molecule has 0 N–H and O–H groups in total. The van der Waals surface area contributed by atoms with E-state index >= 15 is 0 Å². The lowest BCUT2D eigenvalue weighted by atomic mass is 9.80. The third kappa shape index (κ3) is 6.34. The van der Waals surface area contributed by atoms with Crippen LogP contribution in [-0.2, 0) is 37.3 Å². The van der Waals surface area contributed by atoms with Gasteiger partial charge in [0.25, 0.3) is 0 Å². The summed E-state index contributed by atoms with van der Waals surface area (Å²) in [5.41, 5.74) is 3.52. The van der Waals surface area contributed by atoms with Crippen molar-refractivity contribution in [3.8, 4) is 0 Å². The molecule has 0 bridgehead atoms. The fraction of sp³-hybridized carbons (Fsp3) is 0.600. The molecule has 0 aliphatic rings. The maximum Gasteiger partial charge on any atom is 0.302 e. The number of carbonyl (C=O) groups is 2. The monoisotopic (exact) mass is 334 g/mol. The van der Waals surface area contributed by atoms with E-state index in [1.165, 1.54) is 25.0 Å². The van der Waals surface area contributed by atoms with Crippen LogP contribution in [0.4, 0.5) is 0 Å². The summed E-state index contributed by atoms with van der Waals surface area (Å²) >= 11 is 0. The molecule has 0 aromatic heterocycles. The average molecular weight is 334 g/mol. The minimum absolute atomic E-state index is 0.0219. The largest absolute Gasteiger partial charge is 0.463 e. The summed E-state index contributed by atoms with van der Waals surface area (Å²) in [7, 11) is 0. The van der Waals surface area contributed by atoms with Crippen molar-refractivity contribution >= 4 is 11.9 Å². The lowest BCUT2D eigenvalue weighted by Gasteiger charge is -2.27. The number of hydrogen-bond donors (Lipinski definition) is 0. The third-order valence-corrected chi connectivity index (χ3v) is 3.81. The second kappa shape index (κ2) is 8.32. The Bertz CT molecular complexity index is 584. The van der Waals surface area contributed by atoms with E-state index in [1.807, 2.05) is 19.9 Å². The Morgan fingerprint density at radius 3 is 1.92 bits per heavy atom. The zero-order chi connectivity index (χ0) is 18.5. The van der Waals surface area contributed by atoms with E-state index in [2.05, 4.69) is 32.9 Å². The molecular weight excluding hydrogens is 304 g/mol. The van der Waals surface area contributed by atoms with E-state index in [-0.39, 0.29) is 29.6 Å². The molecule has 2 unspecified atom stereocenters. The van der Waals surface area contributed by atoms with Crippen LogP contribution in [0.1, 0.15) is 65.2 Å². The van der Waals surface area contributed by atoms with Gasteiger partial charge in [-0.15, -0.1) is 0 Å². The van der Waals surface area contributed by atoms with Crippen LogP contribution >= 0.6 is 0 Å². The van der Waals surface area contributed by atoms with Gasteiger partial charge in [-0.2, -0.15) is 0 Å². The summed E-state index contributed by atoms with van der Waals surface area (Å²) in [6, 6.07) is 6.22. The highest BCUT2D eigenvalue weighted by molar-refractivity contribution is 5.66. The SMILES string of the molecule is CC(=O)OC(C)Cc1cccc(C(C)(C)C)c1CC(C)OC(C)=O. The Morgan fingerprint density at radius 2 is 1.46 bits per heavy atom. The normalized spacial score (nSPS) is 14.0. The van der Waals surface area contributed by atoms with Gasteiger partial charge in [0.1, 0.15) is 12.2 Å². The fourth-order valence-electron chi connectivity index (χ4n) is 3.02. The molecule has 2 atom stereocenters. The fourth-order valence-corrected chi connectivity index (χ4v) is 3.02. The average Bonchev–Trinajstić information content (AvgIpc) is 2.37. The van der Waals surface area contributed by atoms with Crippen molar-refractivity contribution in [2.45, 2.75) is 78.9 Å². The van der Waals surface area contributed by atoms with E-state index in [0.717, 1.165) is 5.56 Å². The van der Waals surface area contributed by atoms with Gasteiger partial charge in [-0.05, 0) is 36.0 Å². The van der Waals surface area contributed by atoms with Crippen LogP contribution < -0.4 is 0 Å². The number of carbonyl (C=O) groups excluding carboxylic acids is 2. The van der Waals surface area contributed by atoms with Gasteiger partial charge in [-0.3, -0.25) is 9.59 Å². The summed E-state index contributed by atoms with van der Waals surface area (Å²) in [4.78, 5) is 22.4. The second-order valence-corrected chi connectivity index (χ2v) is 7.44. The predicted molar refractivity (Wildman–Crippen MR) is 95.0 cm³/mol. The van der Waals surface area contributed by atoms with Crippen LogP contribution in [0.25, 0.3) is 0 Å². The van der Waals surface area contributed by atoms with Crippen LogP contribution in [0.2, 0.25) is 0 Å². The Morgan fingerprint density at radius 1 is 0.958 bits per heavy atom. The number of hydrogen-bond acceptors (Lipinski definition) is 4. The molecule has 0 saturated carbocycles. The molecule has 1 aromatic carbocycles. The molecule has 0 aliphatic carbocycles. The van der Waals surface area contributed by atoms with Crippen LogP contribution in [0, 0.1) is 0 Å². The molecule has 1 aromatic rings. The molecule has 0 saturated heterocycles. The van der Waals surface area contributed by atoms with E-state index in [9.17, 15) is 9.59 Å². The summed E-state index contributed by atoms with van der Waals surface area (Å²) in [6.45, 7) is 13.1. The lowest BCUT2D eigenvalue weighted by molar-refractivity contribution is -0.146. The van der Waals surface area contributed by atoms with Crippen molar-refractivity contribution < 1.29 is 19.1 Å². The first kappa shape index (κ1) is 20.2. The van der Waals surface area contributed by atoms with Gasteiger partial charge >= 0.3 is 11.9 Å². The molecule has 0 radical (unpaired) electrons. The Hall–Kier alpha value is -1.84. The number of esters is 2. The first-order valence-corrected chi connectivity index (χ1v) is 8.46. The standard InChI is InChI=1S/C20H30O4/c1-13(23-15(3)21)11-17-9-8-10-19(20(5,6)7)18(17)12-14(2)24-16(4)22/h8-10,13-14H,11-12H2,1-7H3. The molecule has 0 aliphatic heterocycles. The topological polar surface area (TPSA) is 52.6 Å². The van der Waals surface area contributed by atoms with Crippen LogP contribution in [-0.4, -0.2) is 24.1 Å². The quantitative estimate of drug-likeness (QED) is 0.739. The number of ether oxygens (including phenoxy) is 2. The maximum absolute atomic E-state index is 11.2. The smallest absolute Gasteiger partial charge is 0.302 e. The molecule has 134 valence electrons. The van der Waals surface area contributed by atoms with Gasteiger partial charge in [-0.1, -0.05) is 39.0 Å². The maximum atomic E-state index is 11.2. The zero-order valence-corrected chi connectivity index (χ0v) is 15.9. The van der Waals surface area contributed by atoms with Crippen molar-refractivity contribution in [2.75, 3.05) is 0 Å². The highest BCUT2D eigenvalue weighted by atomic mass is 16.5. The molecule has 1 rings (SSSR count). The Balaban J connectivity index is 3.17. The first-order chi connectivity index (χ1) is 11.0. The summed E-state index contributed by atoms with van der Waals surface area (Å²) < 4.78 is 10.6. The van der Waals surface area contributed by atoms with Gasteiger partial charge < -0.3 is 9.47 Å². The Kier molecular flexibility index (Phi) is 7.00. The van der Waals surface area contributed by atoms with Crippen molar-refractivity contribution in [3.05, 3.63) is 34.9 Å². The number of benzene rings is 1. The van der Waals surface area contributed by atoms with Gasteiger partial charge in [0.2, 0.25) is 0 Å². The van der Waals surface area contributed by atoms with Gasteiger partial charge in [-0.25, -0.2) is 0 Å². The molecule has 24 heavy (non-hydrogen) atoms. The predicted octanol–water partition coefficient (Wildman–Crippen LogP) is 3.97. The van der Waals surface area contributed by atoms with Gasteiger partial charge in [0.05, 0.1) is 0 Å². The second-order valence-electron chi connectivity index (χ2n) is 7.44. The van der Waals surface area contributed by atoms with Crippen LogP contribution in [0.3, 0.4) is 0 Å². The molecule has 0 amide bonds. The molecule has 0 spiro atoms. The van der Waals surface area contributed by atoms with Crippen molar-refractivity contribution in [1.29, 1.82) is 0 Å².